The summed E-state index contributed by atoms with van der Waals surface area (Å²) in [5.41, 5.74) is 0.934. The molecule has 1 atom stereocenters. The Bertz CT molecular complexity index is 898. The summed E-state index contributed by atoms with van der Waals surface area (Å²) < 4.78 is 35.6. The van der Waals surface area contributed by atoms with E-state index in [0.717, 1.165) is 10.6 Å². The van der Waals surface area contributed by atoms with Gasteiger partial charge in [0.2, 0.25) is 10.0 Å². The van der Waals surface area contributed by atoms with Crippen molar-refractivity contribution < 1.29 is 22.7 Å². The maximum atomic E-state index is 12.6. The standard InChI is InChI=1S/C19H24N2O5S/c1-5-16(26-18-12-7-6-11-17(18)25-3)19(22)20-14-9-8-10-15(13-14)21(2)27(4,23)24/h6-13,16H,5H2,1-4H3,(H,20,22)/t16-/m1/s1. The van der Waals surface area contributed by atoms with Crippen molar-refractivity contribution in [3.05, 3.63) is 48.5 Å². The van der Waals surface area contributed by atoms with E-state index in [4.69, 9.17) is 9.47 Å². The number of carbonyl (C=O) groups is 1. The number of benzene rings is 2. The molecule has 2 aromatic rings. The lowest BCUT2D eigenvalue weighted by atomic mass is 10.2. The summed E-state index contributed by atoms with van der Waals surface area (Å²) in [5, 5.41) is 2.77. The molecule has 0 aliphatic rings. The second-order valence-corrected chi connectivity index (χ2v) is 7.95. The molecule has 1 N–H and O–H groups in total. The summed E-state index contributed by atoms with van der Waals surface area (Å²) in [5.74, 6) is 0.690. The van der Waals surface area contributed by atoms with Crippen molar-refractivity contribution in [3.8, 4) is 11.5 Å². The van der Waals surface area contributed by atoms with Gasteiger partial charge in [-0.15, -0.1) is 0 Å². The molecule has 0 saturated carbocycles. The highest BCUT2D eigenvalue weighted by Crippen LogP contribution is 2.28. The van der Waals surface area contributed by atoms with Gasteiger partial charge in [-0.2, -0.15) is 0 Å². The van der Waals surface area contributed by atoms with Crippen LogP contribution in [-0.2, 0) is 14.8 Å². The minimum absolute atomic E-state index is 0.331. The van der Waals surface area contributed by atoms with Gasteiger partial charge in [-0.25, -0.2) is 8.42 Å². The summed E-state index contributed by atoms with van der Waals surface area (Å²) in [7, 11) is -0.399. The number of rotatable bonds is 8. The highest BCUT2D eigenvalue weighted by molar-refractivity contribution is 7.92. The van der Waals surface area contributed by atoms with Crippen LogP contribution in [0.3, 0.4) is 0 Å². The SMILES string of the molecule is CC[C@@H](Oc1ccccc1OC)C(=O)Nc1cccc(N(C)S(C)(=O)=O)c1. The first kappa shape index (κ1) is 20.6. The van der Waals surface area contributed by atoms with Gasteiger partial charge in [-0.1, -0.05) is 25.1 Å². The fraction of sp³-hybridized carbons (Fsp3) is 0.316. The number of anilines is 2. The molecule has 0 spiro atoms. The minimum Gasteiger partial charge on any atom is -0.493 e. The number of sulfonamides is 1. The van der Waals surface area contributed by atoms with E-state index in [2.05, 4.69) is 5.32 Å². The fourth-order valence-corrected chi connectivity index (χ4v) is 2.88. The van der Waals surface area contributed by atoms with E-state index in [1.165, 1.54) is 14.2 Å². The number of ether oxygens (including phenoxy) is 2. The Hall–Kier alpha value is -2.74. The molecule has 0 heterocycles. The Morgan fingerprint density at radius 1 is 1.15 bits per heavy atom. The Balaban J connectivity index is 2.15. The van der Waals surface area contributed by atoms with Gasteiger partial charge < -0.3 is 14.8 Å². The molecule has 0 bridgehead atoms. The number of nitrogens with zero attached hydrogens (tertiary/aromatic N) is 1. The zero-order valence-electron chi connectivity index (χ0n) is 15.8. The smallest absolute Gasteiger partial charge is 0.265 e. The van der Waals surface area contributed by atoms with Crippen molar-refractivity contribution in [1.29, 1.82) is 0 Å². The van der Waals surface area contributed by atoms with E-state index in [9.17, 15) is 13.2 Å². The Morgan fingerprint density at radius 3 is 2.41 bits per heavy atom. The van der Waals surface area contributed by atoms with Crippen molar-refractivity contribution in [2.45, 2.75) is 19.4 Å². The summed E-state index contributed by atoms with van der Waals surface area (Å²) in [6, 6.07) is 13.7. The molecule has 1 amide bonds. The van der Waals surface area contributed by atoms with Crippen molar-refractivity contribution in [2.24, 2.45) is 0 Å². The second kappa shape index (κ2) is 8.77. The zero-order chi connectivity index (χ0) is 20.0. The monoisotopic (exact) mass is 392 g/mol. The number of hydrogen-bond donors (Lipinski definition) is 1. The van der Waals surface area contributed by atoms with Crippen LogP contribution in [-0.4, -0.2) is 40.8 Å². The molecule has 2 aromatic carbocycles. The molecular weight excluding hydrogens is 368 g/mol. The van der Waals surface area contributed by atoms with Crippen LogP contribution in [0.25, 0.3) is 0 Å². The molecule has 0 aliphatic heterocycles. The number of nitrogens with one attached hydrogen (secondary N) is 1. The highest BCUT2D eigenvalue weighted by Gasteiger charge is 2.21. The van der Waals surface area contributed by atoms with Gasteiger partial charge in [0, 0.05) is 12.7 Å². The predicted molar refractivity (Wildman–Crippen MR) is 106 cm³/mol. The van der Waals surface area contributed by atoms with E-state index in [0.29, 0.717) is 29.3 Å². The summed E-state index contributed by atoms with van der Waals surface area (Å²) in [6.45, 7) is 1.84. The third kappa shape index (κ3) is 5.37. The molecule has 7 nitrogen and oxygen atoms in total. The molecule has 146 valence electrons. The average molecular weight is 392 g/mol. The molecule has 2 rings (SSSR count). The van der Waals surface area contributed by atoms with Gasteiger partial charge in [0.15, 0.2) is 17.6 Å². The van der Waals surface area contributed by atoms with E-state index in [1.54, 1.807) is 42.5 Å². The highest BCUT2D eigenvalue weighted by atomic mass is 32.2. The number of carbonyl (C=O) groups excluding carboxylic acids is 1. The van der Waals surface area contributed by atoms with Crippen LogP contribution < -0.4 is 19.1 Å². The molecule has 0 aliphatic carbocycles. The van der Waals surface area contributed by atoms with Crippen LogP contribution in [0.2, 0.25) is 0 Å². The summed E-state index contributed by atoms with van der Waals surface area (Å²) in [6.07, 6.45) is 0.844. The van der Waals surface area contributed by atoms with Crippen LogP contribution in [0.4, 0.5) is 11.4 Å². The van der Waals surface area contributed by atoms with Gasteiger partial charge in [-0.3, -0.25) is 9.10 Å². The van der Waals surface area contributed by atoms with E-state index in [1.807, 2.05) is 13.0 Å². The Labute approximate surface area is 160 Å². The summed E-state index contributed by atoms with van der Waals surface area (Å²) in [4.78, 5) is 12.6. The molecule has 8 heteroatoms. The number of hydrogen-bond acceptors (Lipinski definition) is 5. The molecule has 0 unspecified atom stereocenters. The molecule has 0 aromatic heterocycles. The first-order valence-corrected chi connectivity index (χ1v) is 10.3. The van der Waals surface area contributed by atoms with Crippen molar-refractivity contribution in [2.75, 3.05) is 30.0 Å². The van der Waals surface area contributed by atoms with E-state index < -0.39 is 16.1 Å². The first-order chi connectivity index (χ1) is 12.8. The van der Waals surface area contributed by atoms with Gasteiger partial charge in [-0.05, 0) is 36.8 Å². The Kier molecular flexibility index (Phi) is 6.68. The normalized spacial score (nSPS) is 12.1. The van der Waals surface area contributed by atoms with Gasteiger partial charge in [0.05, 0.1) is 19.1 Å². The maximum absolute atomic E-state index is 12.6. The number of para-hydroxylation sites is 2. The lowest BCUT2D eigenvalue weighted by Crippen LogP contribution is -2.32. The lowest BCUT2D eigenvalue weighted by molar-refractivity contribution is -0.122. The van der Waals surface area contributed by atoms with E-state index in [-0.39, 0.29) is 5.91 Å². The number of methoxy groups -OCH3 is 1. The predicted octanol–water partition coefficient (Wildman–Crippen LogP) is 2.89. The van der Waals surface area contributed by atoms with Crippen LogP contribution in [0, 0.1) is 0 Å². The molecular formula is C19H24N2O5S. The van der Waals surface area contributed by atoms with Gasteiger partial charge in [0.25, 0.3) is 5.91 Å². The first-order valence-electron chi connectivity index (χ1n) is 8.40. The van der Waals surface area contributed by atoms with Crippen LogP contribution >= 0.6 is 0 Å². The number of amides is 1. The van der Waals surface area contributed by atoms with Crippen LogP contribution in [0.5, 0.6) is 11.5 Å². The maximum Gasteiger partial charge on any atom is 0.265 e. The zero-order valence-corrected chi connectivity index (χ0v) is 16.6. The van der Waals surface area contributed by atoms with Gasteiger partial charge in [0.1, 0.15) is 0 Å². The topological polar surface area (TPSA) is 84.9 Å². The minimum atomic E-state index is -3.39. The summed E-state index contributed by atoms with van der Waals surface area (Å²) >= 11 is 0. The molecule has 0 radical (unpaired) electrons. The largest absolute Gasteiger partial charge is 0.493 e. The van der Waals surface area contributed by atoms with Crippen molar-refractivity contribution in [3.63, 3.8) is 0 Å². The third-order valence-corrected chi connectivity index (χ3v) is 5.18. The van der Waals surface area contributed by atoms with Gasteiger partial charge >= 0.3 is 0 Å². The second-order valence-electron chi connectivity index (χ2n) is 5.94. The lowest BCUT2D eigenvalue weighted by Gasteiger charge is -2.20. The van der Waals surface area contributed by atoms with E-state index >= 15 is 0 Å². The van der Waals surface area contributed by atoms with Crippen molar-refractivity contribution >= 4 is 27.3 Å². The molecule has 27 heavy (non-hydrogen) atoms. The Morgan fingerprint density at radius 2 is 1.81 bits per heavy atom. The molecule has 0 saturated heterocycles. The van der Waals surface area contributed by atoms with Crippen LogP contribution in [0.15, 0.2) is 48.5 Å². The van der Waals surface area contributed by atoms with Crippen LogP contribution in [0.1, 0.15) is 13.3 Å². The molecule has 0 fully saturated rings. The fourth-order valence-electron chi connectivity index (χ4n) is 2.39. The third-order valence-electron chi connectivity index (χ3n) is 3.98. The van der Waals surface area contributed by atoms with Crippen molar-refractivity contribution in [1.82, 2.24) is 0 Å². The quantitative estimate of drug-likeness (QED) is 0.747. The average Bonchev–Trinajstić information content (AvgIpc) is 2.65.